The van der Waals surface area contributed by atoms with Gasteiger partial charge in [0.2, 0.25) is 0 Å². The van der Waals surface area contributed by atoms with Crippen LogP contribution in [0.25, 0.3) is 0 Å². The third-order valence-corrected chi connectivity index (χ3v) is 3.60. The Morgan fingerprint density at radius 3 is 2.76 bits per heavy atom. The summed E-state index contributed by atoms with van der Waals surface area (Å²) in [7, 11) is 1.53. The minimum atomic E-state index is -0.444. The van der Waals surface area contributed by atoms with Gasteiger partial charge in [0.1, 0.15) is 5.69 Å². The predicted octanol–water partition coefficient (Wildman–Crippen LogP) is 1.79. The van der Waals surface area contributed by atoms with Gasteiger partial charge in [0.25, 0.3) is 11.6 Å². The molecule has 7 heteroatoms. The van der Waals surface area contributed by atoms with Crippen LogP contribution in [0.5, 0.6) is 0 Å². The normalized spacial score (nSPS) is 15.5. The van der Waals surface area contributed by atoms with E-state index in [0.717, 1.165) is 26.1 Å². The van der Waals surface area contributed by atoms with Crippen molar-refractivity contribution in [2.45, 2.75) is 12.8 Å². The van der Waals surface area contributed by atoms with Gasteiger partial charge in [0.15, 0.2) is 0 Å². The Kier molecular flexibility index (Phi) is 5.10. The number of nitro benzene ring substituents is 1. The van der Waals surface area contributed by atoms with E-state index in [1.807, 2.05) is 0 Å². The Morgan fingerprint density at radius 1 is 1.43 bits per heavy atom. The van der Waals surface area contributed by atoms with Crippen molar-refractivity contribution >= 4 is 17.3 Å². The number of anilines is 1. The summed E-state index contributed by atoms with van der Waals surface area (Å²) in [5, 5.41) is 16.7. The molecule has 0 saturated carbocycles. The molecule has 114 valence electrons. The molecule has 2 rings (SSSR count). The molecule has 0 bridgehead atoms. The molecule has 1 amide bonds. The molecule has 1 aromatic rings. The van der Waals surface area contributed by atoms with Crippen molar-refractivity contribution in [1.29, 1.82) is 0 Å². The number of nitrogens with zero attached hydrogens (tertiary/aromatic N) is 1. The van der Waals surface area contributed by atoms with Crippen molar-refractivity contribution in [2.24, 2.45) is 5.92 Å². The molecule has 7 nitrogen and oxygen atoms in total. The van der Waals surface area contributed by atoms with Crippen LogP contribution in [-0.2, 0) is 4.74 Å². The molecule has 2 N–H and O–H groups in total. The molecule has 0 aromatic heterocycles. The summed E-state index contributed by atoms with van der Waals surface area (Å²) in [6, 6.07) is 4.34. The first-order chi connectivity index (χ1) is 10.1. The summed E-state index contributed by atoms with van der Waals surface area (Å²) >= 11 is 0. The molecule has 1 aromatic carbocycles. The van der Waals surface area contributed by atoms with E-state index in [2.05, 4.69) is 10.6 Å². The number of ether oxygens (including phenoxy) is 1. The first-order valence-corrected chi connectivity index (χ1v) is 6.94. The van der Waals surface area contributed by atoms with E-state index in [1.54, 1.807) is 0 Å². The quantitative estimate of drug-likeness (QED) is 0.637. The van der Waals surface area contributed by atoms with E-state index in [4.69, 9.17) is 4.74 Å². The van der Waals surface area contributed by atoms with Gasteiger partial charge in [0, 0.05) is 38.4 Å². The number of carbonyl (C=O) groups is 1. The molecule has 1 fully saturated rings. The lowest BCUT2D eigenvalue weighted by Gasteiger charge is -2.22. The van der Waals surface area contributed by atoms with Crippen LogP contribution in [0, 0.1) is 16.0 Å². The van der Waals surface area contributed by atoms with Crippen LogP contribution in [0.3, 0.4) is 0 Å². The summed E-state index contributed by atoms with van der Waals surface area (Å²) in [5.74, 6) is 0.168. The third-order valence-electron chi connectivity index (χ3n) is 3.60. The monoisotopic (exact) mass is 293 g/mol. The molecule has 1 heterocycles. The summed E-state index contributed by atoms with van der Waals surface area (Å²) < 4.78 is 5.29. The van der Waals surface area contributed by atoms with Crippen molar-refractivity contribution in [3.63, 3.8) is 0 Å². The maximum atomic E-state index is 11.6. The summed E-state index contributed by atoms with van der Waals surface area (Å²) in [4.78, 5) is 22.3. The van der Waals surface area contributed by atoms with E-state index in [9.17, 15) is 14.9 Å². The van der Waals surface area contributed by atoms with Crippen molar-refractivity contribution in [3.8, 4) is 0 Å². The lowest BCUT2D eigenvalue weighted by molar-refractivity contribution is -0.384. The summed E-state index contributed by atoms with van der Waals surface area (Å²) in [6.45, 7) is 2.10. The number of benzene rings is 1. The highest BCUT2D eigenvalue weighted by molar-refractivity contribution is 5.95. The zero-order valence-electron chi connectivity index (χ0n) is 11.9. The predicted molar refractivity (Wildman–Crippen MR) is 78.5 cm³/mol. The molecule has 0 radical (unpaired) electrons. The molecular weight excluding hydrogens is 274 g/mol. The summed E-state index contributed by atoms with van der Waals surface area (Å²) in [6.07, 6.45) is 1.88. The van der Waals surface area contributed by atoms with Gasteiger partial charge in [-0.15, -0.1) is 0 Å². The van der Waals surface area contributed by atoms with Gasteiger partial charge >= 0.3 is 0 Å². The average Bonchev–Trinajstić information content (AvgIpc) is 2.52. The van der Waals surface area contributed by atoms with Gasteiger partial charge in [-0.2, -0.15) is 0 Å². The van der Waals surface area contributed by atoms with Gasteiger partial charge in [0.05, 0.1) is 4.92 Å². The van der Waals surface area contributed by atoms with E-state index >= 15 is 0 Å². The van der Waals surface area contributed by atoms with Crippen LogP contribution in [-0.4, -0.2) is 37.6 Å². The lowest BCUT2D eigenvalue weighted by atomic mass is 10.0. The molecule has 21 heavy (non-hydrogen) atoms. The molecule has 0 spiro atoms. The van der Waals surface area contributed by atoms with E-state index in [-0.39, 0.29) is 11.6 Å². The summed E-state index contributed by atoms with van der Waals surface area (Å²) in [5.41, 5.74) is 0.764. The van der Waals surface area contributed by atoms with Crippen LogP contribution in [0.15, 0.2) is 18.2 Å². The number of nitro groups is 1. The lowest BCUT2D eigenvalue weighted by Crippen LogP contribution is -2.23. The zero-order chi connectivity index (χ0) is 15.2. The first-order valence-electron chi connectivity index (χ1n) is 6.94. The number of rotatable bonds is 5. The number of nitrogens with one attached hydrogen (secondary N) is 2. The number of hydrogen-bond acceptors (Lipinski definition) is 5. The fourth-order valence-electron chi connectivity index (χ4n) is 2.33. The standard InChI is InChI=1S/C14H19N3O4/c1-15-14(18)11-2-3-13(17(19)20)12(8-11)16-9-10-4-6-21-7-5-10/h2-3,8,10,16H,4-7,9H2,1H3,(H,15,18). The highest BCUT2D eigenvalue weighted by atomic mass is 16.6. The van der Waals surface area contributed by atoms with Crippen LogP contribution >= 0.6 is 0 Å². The molecular formula is C14H19N3O4. The van der Waals surface area contributed by atoms with Gasteiger partial charge in [-0.1, -0.05) is 0 Å². The highest BCUT2D eigenvalue weighted by Gasteiger charge is 2.19. The largest absolute Gasteiger partial charge is 0.381 e. The molecule has 1 aliphatic rings. The second-order valence-electron chi connectivity index (χ2n) is 5.00. The molecule has 0 unspecified atom stereocenters. The zero-order valence-corrected chi connectivity index (χ0v) is 11.9. The Balaban J connectivity index is 2.13. The maximum absolute atomic E-state index is 11.6. The third kappa shape index (κ3) is 3.91. The van der Waals surface area contributed by atoms with Crippen molar-refractivity contribution < 1.29 is 14.5 Å². The topological polar surface area (TPSA) is 93.5 Å². The number of hydrogen-bond donors (Lipinski definition) is 2. The van der Waals surface area contributed by atoms with Gasteiger partial charge in [-0.25, -0.2) is 0 Å². The van der Waals surface area contributed by atoms with Crippen molar-refractivity contribution in [2.75, 3.05) is 32.1 Å². The second kappa shape index (κ2) is 7.03. The van der Waals surface area contributed by atoms with Crippen molar-refractivity contribution in [1.82, 2.24) is 5.32 Å². The molecule has 0 aliphatic carbocycles. The minimum Gasteiger partial charge on any atom is -0.381 e. The maximum Gasteiger partial charge on any atom is 0.292 e. The number of carbonyl (C=O) groups excluding carboxylic acids is 1. The molecule has 1 aliphatic heterocycles. The fourth-order valence-corrected chi connectivity index (χ4v) is 2.33. The minimum absolute atomic E-state index is 0.0188. The Bertz CT molecular complexity index is 527. The first kappa shape index (κ1) is 15.2. The highest BCUT2D eigenvalue weighted by Crippen LogP contribution is 2.26. The fraction of sp³-hybridized carbons (Fsp3) is 0.500. The Hall–Kier alpha value is -2.15. The SMILES string of the molecule is CNC(=O)c1ccc([N+](=O)[O-])c(NCC2CCOCC2)c1. The Labute approximate surface area is 122 Å². The van der Waals surface area contributed by atoms with Crippen LogP contribution in [0.1, 0.15) is 23.2 Å². The van der Waals surface area contributed by atoms with Crippen molar-refractivity contribution in [3.05, 3.63) is 33.9 Å². The van der Waals surface area contributed by atoms with E-state index in [1.165, 1.54) is 25.2 Å². The van der Waals surface area contributed by atoms with Gasteiger partial charge < -0.3 is 15.4 Å². The van der Waals surface area contributed by atoms with Gasteiger partial charge in [-0.05, 0) is 30.9 Å². The average molecular weight is 293 g/mol. The Morgan fingerprint density at radius 2 is 2.14 bits per heavy atom. The smallest absolute Gasteiger partial charge is 0.292 e. The molecule has 1 saturated heterocycles. The van der Waals surface area contributed by atoms with Crippen LogP contribution < -0.4 is 10.6 Å². The number of amides is 1. The van der Waals surface area contributed by atoms with Crippen LogP contribution in [0.2, 0.25) is 0 Å². The van der Waals surface area contributed by atoms with E-state index in [0.29, 0.717) is 23.7 Å². The van der Waals surface area contributed by atoms with Crippen LogP contribution in [0.4, 0.5) is 11.4 Å². The van der Waals surface area contributed by atoms with E-state index < -0.39 is 4.92 Å². The van der Waals surface area contributed by atoms with Gasteiger partial charge in [-0.3, -0.25) is 14.9 Å². The second-order valence-corrected chi connectivity index (χ2v) is 5.00. The molecule has 0 atom stereocenters.